The van der Waals surface area contributed by atoms with E-state index in [1.807, 2.05) is 4.90 Å². The van der Waals surface area contributed by atoms with Gasteiger partial charge in [0.1, 0.15) is 0 Å². The van der Waals surface area contributed by atoms with Crippen LogP contribution in [0.4, 0.5) is 0 Å². The molecular weight excluding hydrogens is 460 g/mol. The highest BCUT2D eigenvalue weighted by Crippen LogP contribution is 2.62. The SMILES string of the molecule is CC12COC(CNC(=O)C3CCCC3)OC1CCC1(C)C(CC(=O)N3CCCC3CO)C(O)CCC21. The molecule has 5 rings (SSSR count). The summed E-state index contributed by atoms with van der Waals surface area (Å²) >= 11 is 0. The van der Waals surface area contributed by atoms with Gasteiger partial charge < -0.3 is 29.9 Å². The Hall–Kier alpha value is -1.22. The smallest absolute Gasteiger partial charge is 0.223 e. The van der Waals surface area contributed by atoms with Crippen molar-refractivity contribution in [1.82, 2.24) is 10.2 Å². The average Bonchev–Trinajstić information content (AvgIpc) is 3.57. The molecule has 2 aliphatic heterocycles. The van der Waals surface area contributed by atoms with Crippen molar-refractivity contribution in [1.29, 1.82) is 0 Å². The summed E-state index contributed by atoms with van der Waals surface area (Å²) in [5.41, 5.74) is -0.370. The van der Waals surface area contributed by atoms with Crippen molar-refractivity contribution in [3.05, 3.63) is 0 Å². The second kappa shape index (κ2) is 10.5. The number of hydrogen-bond donors (Lipinski definition) is 3. The largest absolute Gasteiger partial charge is 0.394 e. The van der Waals surface area contributed by atoms with E-state index in [4.69, 9.17) is 9.47 Å². The van der Waals surface area contributed by atoms with Crippen LogP contribution in [0.5, 0.6) is 0 Å². The van der Waals surface area contributed by atoms with E-state index in [1.165, 1.54) is 0 Å². The lowest BCUT2D eigenvalue weighted by atomic mass is 9.46. The molecule has 204 valence electrons. The van der Waals surface area contributed by atoms with Crippen molar-refractivity contribution in [2.45, 2.75) is 109 Å². The first-order chi connectivity index (χ1) is 17.3. The maximum Gasteiger partial charge on any atom is 0.223 e. The number of aliphatic hydroxyl groups excluding tert-OH is 2. The zero-order chi connectivity index (χ0) is 25.5. The fourth-order valence-corrected chi connectivity index (χ4v) is 8.57. The molecule has 0 aromatic heterocycles. The van der Waals surface area contributed by atoms with Gasteiger partial charge in [-0.05, 0) is 68.6 Å². The lowest BCUT2D eigenvalue weighted by Gasteiger charge is -2.63. The summed E-state index contributed by atoms with van der Waals surface area (Å²) in [7, 11) is 0. The number of carbonyl (C=O) groups is 2. The maximum absolute atomic E-state index is 13.3. The summed E-state index contributed by atoms with van der Waals surface area (Å²) in [6.45, 7) is 6.19. The molecule has 8 atom stereocenters. The van der Waals surface area contributed by atoms with E-state index < -0.39 is 12.4 Å². The number of ether oxygens (including phenoxy) is 2. The minimum atomic E-state index is -0.491. The predicted molar refractivity (Wildman–Crippen MR) is 134 cm³/mol. The van der Waals surface area contributed by atoms with Crippen LogP contribution in [-0.2, 0) is 19.1 Å². The molecule has 0 aromatic rings. The van der Waals surface area contributed by atoms with Gasteiger partial charge in [-0.25, -0.2) is 0 Å². The lowest BCUT2D eigenvalue weighted by molar-refractivity contribution is -0.306. The number of hydrogen-bond acceptors (Lipinski definition) is 6. The molecule has 0 bridgehead atoms. The van der Waals surface area contributed by atoms with Crippen molar-refractivity contribution >= 4 is 11.8 Å². The zero-order valence-corrected chi connectivity index (χ0v) is 22.1. The van der Waals surface area contributed by atoms with Gasteiger partial charge in [0.25, 0.3) is 0 Å². The van der Waals surface area contributed by atoms with E-state index in [0.717, 1.165) is 57.8 Å². The number of nitrogens with one attached hydrogen (secondary N) is 1. The van der Waals surface area contributed by atoms with Gasteiger partial charge in [0.2, 0.25) is 11.8 Å². The number of carbonyl (C=O) groups excluding carboxylic acids is 2. The Bertz CT molecular complexity index is 818. The highest BCUT2D eigenvalue weighted by molar-refractivity contribution is 5.79. The number of fused-ring (bicyclic) bond motifs is 3. The minimum absolute atomic E-state index is 0.00948. The van der Waals surface area contributed by atoms with Gasteiger partial charge in [-0.1, -0.05) is 26.7 Å². The van der Waals surface area contributed by atoms with Crippen LogP contribution in [0.3, 0.4) is 0 Å². The maximum atomic E-state index is 13.3. The molecule has 8 unspecified atom stereocenters. The summed E-state index contributed by atoms with van der Waals surface area (Å²) in [5, 5.41) is 23.8. The lowest BCUT2D eigenvalue weighted by Crippen LogP contribution is -2.63. The number of likely N-dealkylation sites (tertiary alicyclic amines) is 1. The topological polar surface area (TPSA) is 108 Å². The molecule has 0 spiro atoms. The van der Waals surface area contributed by atoms with Gasteiger partial charge in [-0.2, -0.15) is 0 Å². The Balaban J connectivity index is 1.23. The fraction of sp³-hybridized carbons (Fsp3) is 0.929. The van der Waals surface area contributed by atoms with E-state index >= 15 is 0 Å². The Morgan fingerprint density at radius 3 is 2.56 bits per heavy atom. The molecule has 2 amide bonds. The first kappa shape index (κ1) is 26.4. The molecule has 2 saturated heterocycles. The second-order valence-corrected chi connectivity index (χ2v) is 12.7. The van der Waals surface area contributed by atoms with Crippen LogP contribution < -0.4 is 5.32 Å². The van der Waals surface area contributed by atoms with Gasteiger partial charge in [0.05, 0.1) is 38.0 Å². The average molecular weight is 507 g/mol. The molecule has 5 aliphatic rings. The van der Waals surface area contributed by atoms with Crippen molar-refractivity contribution in [3.63, 3.8) is 0 Å². The zero-order valence-electron chi connectivity index (χ0n) is 22.1. The molecule has 8 nitrogen and oxygen atoms in total. The van der Waals surface area contributed by atoms with Crippen molar-refractivity contribution in [2.24, 2.45) is 28.6 Å². The van der Waals surface area contributed by atoms with Crippen molar-refractivity contribution < 1.29 is 29.3 Å². The quantitative estimate of drug-likeness (QED) is 0.511. The van der Waals surface area contributed by atoms with Crippen LogP contribution in [0.2, 0.25) is 0 Å². The van der Waals surface area contributed by atoms with Crippen LogP contribution in [0.1, 0.15) is 84.5 Å². The molecule has 0 radical (unpaired) electrons. The summed E-state index contributed by atoms with van der Waals surface area (Å²) in [4.78, 5) is 27.6. The molecule has 3 aliphatic carbocycles. The summed E-state index contributed by atoms with van der Waals surface area (Å²) < 4.78 is 12.7. The van der Waals surface area contributed by atoms with E-state index in [9.17, 15) is 19.8 Å². The first-order valence-corrected chi connectivity index (χ1v) is 14.4. The summed E-state index contributed by atoms with van der Waals surface area (Å²) in [6.07, 6.45) is 8.82. The molecular formula is C28H46N2O6. The molecule has 8 heteroatoms. The molecule has 3 saturated carbocycles. The van der Waals surface area contributed by atoms with Gasteiger partial charge in [0, 0.05) is 24.3 Å². The van der Waals surface area contributed by atoms with Crippen LogP contribution in [0, 0.1) is 28.6 Å². The fourth-order valence-electron chi connectivity index (χ4n) is 8.57. The minimum Gasteiger partial charge on any atom is -0.394 e. The third kappa shape index (κ3) is 4.72. The van der Waals surface area contributed by atoms with Crippen LogP contribution >= 0.6 is 0 Å². The number of amides is 2. The van der Waals surface area contributed by atoms with E-state index in [1.54, 1.807) is 0 Å². The number of nitrogens with zero attached hydrogens (tertiary/aromatic N) is 1. The van der Waals surface area contributed by atoms with Crippen LogP contribution in [0.25, 0.3) is 0 Å². The summed E-state index contributed by atoms with van der Waals surface area (Å²) in [6, 6.07) is -0.0821. The molecule has 5 fully saturated rings. The van der Waals surface area contributed by atoms with Crippen LogP contribution in [-0.4, -0.2) is 77.8 Å². The van der Waals surface area contributed by atoms with Crippen molar-refractivity contribution in [2.75, 3.05) is 26.3 Å². The molecule has 36 heavy (non-hydrogen) atoms. The molecule has 2 heterocycles. The second-order valence-electron chi connectivity index (χ2n) is 12.7. The first-order valence-electron chi connectivity index (χ1n) is 14.4. The Kier molecular flexibility index (Phi) is 7.70. The molecule has 0 aromatic carbocycles. The monoisotopic (exact) mass is 506 g/mol. The normalized spacial score (nSPS) is 43.2. The van der Waals surface area contributed by atoms with E-state index in [0.29, 0.717) is 32.5 Å². The van der Waals surface area contributed by atoms with Crippen LogP contribution in [0.15, 0.2) is 0 Å². The Labute approximate surface area is 215 Å². The third-order valence-corrected chi connectivity index (χ3v) is 10.7. The predicted octanol–water partition coefficient (Wildman–Crippen LogP) is 2.60. The van der Waals surface area contributed by atoms with Gasteiger partial charge >= 0.3 is 0 Å². The van der Waals surface area contributed by atoms with E-state index in [-0.39, 0.29) is 59.2 Å². The van der Waals surface area contributed by atoms with Gasteiger partial charge in [0.15, 0.2) is 6.29 Å². The highest BCUT2D eigenvalue weighted by Gasteiger charge is 2.61. The Morgan fingerprint density at radius 1 is 1.03 bits per heavy atom. The highest BCUT2D eigenvalue weighted by atomic mass is 16.7. The Morgan fingerprint density at radius 2 is 1.81 bits per heavy atom. The third-order valence-electron chi connectivity index (χ3n) is 10.7. The van der Waals surface area contributed by atoms with Gasteiger partial charge in [-0.15, -0.1) is 0 Å². The van der Waals surface area contributed by atoms with Gasteiger partial charge in [-0.3, -0.25) is 9.59 Å². The standard InChI is InChI=1S/C28H46N2O6/c1-27-12-11-23-28(2,17-35-25(36-23)15-29-26(34)18-6-3-4-7-18)22(27)10-9-21(32)20(27)14-24(33)30-13-5-8-19(30)16-31/h18-23,25,31-32H,3-17H2,1-2H3,(H,29,34). The number of rotatable bonds is 6. The van der Waals surface area contributed by atoms with Crippen molar-refractivity contribution in [3.8, 4) is 0 Å². The molecule has 3 N–H and O–H groups in total. The number of aliphatic hydroxyl groups is 2. The van der Waals surface area contributed by atoms with E-state index in [2.05, 4.69) is 19.2 Å². The summed E-state index contributed by atoms with van der Waals surface area (Å²) in [5.74, 6) is 0.505.